The average Bonchev–Trinajstić information content (AvgIpc) is 3.27. The fourth-order valence-electron chi connectivity index (χ4n) is 6.85. The second-order valence-electron chi connectivity index (χ2n) is 14.9. The predicted molar refractivity (Wildman–Crippen MR) is 223 cm³/mol. The molecule has 2 fully saturated rings. The summed E-state index contributed by atoms with van der Waals surface area (Å²) in [7, 11) is 2.85. The van der Waals surface area contributed by atoms with Crippen LogP contribution in [0.4, 0.5) is 0 Å². The lowest BCUT2D eigenvalue weighted by Crippen LogP contribution is -2.66. The Labute approximate surface area is 357 Å². The van der Waals surface area contributed by atoms with Gasteiger partial charge in [0.2, 0.25) is 0 Å². The normalized spacial score (nSPS) is 26.2. The van der Waals surface area contributed by atoms with Crippen LogP contribution in [-0.2, 0) is 22.7 Å². The Hall–Kier alpha value is -4.95. The number of hydrogen-bond donors (Lipinski definition) is 8. The van der Waals surface area contributed by atoms with Crippen LogP contribution in [0.3, 0.4) is 0 Å². The Balaban J connectivity index is 1.15. The summed E-state index contributed by atoms with van der Waals surface area (Å²) in [6, 6.07) is 21.7. The molecule has 4 aromatic carbocycles. The molecule has 0 aliphatic carbocycles. The lowest BCUT2D eigenvalue weighted by Gasteiger charge is -2.46. The number of aliphatic hydroxyl groups excluding tert-OH is 6. The van der Waals surface area contributed by atoms with Crippen LogP contribution in [0.5, 0.6) is 23.0 Å². The maximum absolute atomic E-state index is 13.7. The number of carbonyl (C=O) groups excluding carboxylic acids is 2. The highest BCUT2D eigenvalue weighted by atomic mass is 32.2. The van der Waals surface area contributed by atoms with Gasteiger partial charge >= 0.3 is 0 Å². The number of thioether (sulfide) groups is 1. The van der Waals surface area contributed by atoms with Crippen LogP contribution in [0.25, 0.3) is 0 Å². The number of benzene rings is 4. The predicted octanol–water partition coefficient (Wildman–Crippen LogP) is 1.99. The van der Waals surface area contributed by atoms with Crippen LogP contribution in [-0.4, -0.2) is 129 Å². The van der Waals surface area contributed by atoms with Crippen molar-refractivity contribution in [3.63, 3.8) is 0 Å². The third-order valence-corrected chi connectivity index (χ3v) is 11.8. The molecule has 4 aromatic rings. The summed E-state index contributed by atoms with van der Waals surface area (Å²) >= 11 is 0.710. The van der Waals surface area contributed by atoms with Gasteiger partial charge in [0.05, 0.1) is 39.5 Å². The summed E-state index contributed by atoms with van der Waals surface area (Å²) < 4.78 is 34.3. The standard InChI is InChI=1S/C44H52N2O14S/c1-23-5-9-25(10-6-23)21-57-31-15-27(13-29(17-31)55-3)41(53)45-35-37(49)33(19-47)59-43(39(35)51)61-44-40(52)36(38(50)34(20-48)60-44)46-42(54)28-14-30(56-4)18-32(16-28)58-22-26-11-7-24(2)8-12-26/h5-18,33-40,43-44,47-52H,19-22H2,1-4H3,(H,45,53)(H,46,54)/t33-,34-,35-,36-,37+,38+,39-,40-,43+,44+/m1/s1. The smallest absolute Gasteiger partial charge is 0.251 e. The lowest BCUT2D eigenvalue weighted by molar-refractivity contribution is -0.175. The molecule has 61 heavy (non-hydrogen) atoms. The van der Waals surface area contributed by atoms with E-state index in [0.29, 0.717) is 34.8 Å². The number of hydrogen-bond acceptors (Lipinski definition) is 15. The zero-order chi connectivity index (χ0) is 43.8. The van der Waals surface area contributed by atoms with Crippen molar-refractivity contribution in [2.75, 3.05) is 27.4 Å². The molecule has 0 spiro atoms. The number of amides is 2. The van der Waals surface area contributed by atoms with Crippen molar-refractivity contribution >= 4 is 23.6 Å². The topological polar surface area (TPSA) is 235 Å². The van der Waals surface area contributed by atoms with E-state index < -0.39 is 84.6 Å². The Morgan fingerprint density at radius 3 is 1.28 bits per heavy atom. The highest BCUT2D eigenvalue weighted by Gasteiger charge is 2.51. The maximum atomic E-state index is 13.7. The lowest BCUT2D eigenvalue weighted by atomic mass is 9.96. The van der Waals surface area contributed by atoms with Gasteiger partial charge in [-0.3, -0.25) is 9.59 Å². The molecule has 0 bridgehead atoms. The number of ether oxygens (including phenoxy) is 6. The van der Waals surface area contributed by atoms with Gasteiger partial charge in [-0.05, 0) is 49.2 Å². The first kappa shape index (κ1) is 45.6. The van der Waals surface area contributed by atoms with Crippen LogP contribution in [0.2, 0.25) is 0 Å². The van der Waals surface area contributed by atoms with E-state index in [0.717, 1.165) is 22.3 Å². The van der Waals surface area contributed by atoms with Gasteiger partial charge in [0.1, 0.15) is 83.7 Å². The second kappa shape index (κ2) is 20.7. The fourth-order valence-corrected chi connectivity index (χ4v) is 8.19. The number of carbonyl (C=O) groups is 2. The van der Waals surface area contributed by atoms with Crippen molar-refractivity contribution in [2.24, 2.45) is 0 Å². The van der Waals surface area contributed by atoms with Crippen LogP contribution >= 0.6 is 11.8 Å². The SMILES string of the molecule is COc1cc(OCc2ccc(C)cc2)cc(C(=O)N[C@@H]2[C@@H](O)[C@@H](CO)O[C@@H](S[C@@H]3O[C@H](CO)[C@H](O)[C@@H](NC(=O)c4cc(OC)cc(OCc5ccc(C)cc5)c4)[C@H]3O)[C@@H]2O)c1. The third-order valence-electron chi connectivity index (χ3n) is 10.4. The van der Waals surface area contributed by atoms with Crippen molar-refractivity contribution in [2.45, 2.75) is 86.6 Å². The summed E-state index contributed by atoms with van der Waals surface area (Å²) in [6.07, 6.45) is -9.12. The summed E-state index contributed by atoms with van der Waals surface area (Å²) in [5.74, 6) is -0.167. The van der Waals surface area contributed by atoms with Gasteiger partial charge < -0.3 is 69.7 Å². The van der Waals surface area contributed by atoms with E-state index in [2.05, 4.69) is 10.6 Å². The molecule has 2 saturated heterocycles. The molecule has 0 unspecified atom stereocenters. The van der Waals surface area contributed by atoms with Crippen LogP contribution in [0, 0.1) is 13.8 Å². The second-order valence-corrected chi connectivity index (χ2v) is 16.1. The van der Waals surface area contributed by atoms with Gasteiger partial charge in [-0.15, -0.1) is 0 Å². The Bertz CT molecular complexity index is 1940. The fraction of sp³-hybridized carbons (Fsp3) is 0.409. The molecule has 328 valence electrons. The van der Waals surface area contributed by atoms with E-state index >= 15 is 0 Å². The number of aryl methyl sites for hydroxylation is 2. The Kier molecular flexibility index (Phi) is 15.5. The van der Waals surface area contributed by atoms with Gasteiger partial charge in [0, 0.05) is 23.3 Å². The zero-order valence-electron chi connectivity index (χ0n) is 34.0. The number of aliphatic hydroxyl groups is 6. The molecule has 17 heteroatoms. The first-order valence-corrected chi connectivity index (χ1v) is 20.5. The molecule has 6 rings (SSSR count). The largest absolute Gasteiger partial charge is 0.497 e. The monoisotopic (exact) mass is 864 g/mol. The van der Waals surface area contributed by atoms with Gasteiger partial charge in [-0.2, -0.15) is 0 Å². The molecule has 0 radical (unpaired) electrons. The first-order chi connectivity index (χ1) is 29.3. The summed E-state index contributed by atoms with van der Waals surface area (Å²) in [5, 5.41) is 71.0. The van der Waals surface area contributed by atoms with E-state index in [1.54, 1.807) is 12.1 Å². The molecule has 8 N–H and O–H groups in total. The highest BCUT2D eigenvalue weighted by Crippen LogP contribution is 2.37. The van der Waals surface area contributed by atoms with E-state index in [4.69, 9.17) is 28.4 Å². The van der Waals surface area contributed by atoms with Crippen molar-refractivity contribution in [3.05, 3.63) is 118 Å². The van der Waals surface area contributed by atoms with Crippen molar-refractivity contribution < 1.29 is 68.6 Å². The molecule has 2 amide bonds. The molecule has 16 nitrogen and oxygen atoms in total. The minimum absolute atomic E-state index is 0.0827. The van der Waals surface area contributed by atoms with Crippen LogP contribution in [0.1, 0.15) is 43.0 Å². The highest BCUT2D eigenvalue weighted by molar-refractivity contribution is 8.00. The molecule has 2 aliphatic rings. The van der Waals surface area contributed by atoms with Gasteiger partial charge in [0.25, 0.3) is 11.8 Å². The summed E-state index contributed by atoms with van der Waals surface area (Å²) in [4.78, 5) is 27.4. The number of methoxy groups -OCH3 is 2. The molecular weight excluding hydrogens is 813 g/mol. The molecule has 0 saturated carbocycles. The summed E-state index contributed by atoms with van der Waals surface area (Å²) in [5.41, 5.74) is 1.43. The number of nitrogens with one attached hydrogen (secondary N) is 2. The first-order valence-electron chi connectivity index (χ1n) is 19.6. The Morgan fingerprint density at radius 2 is 0.934 bits per heavy atom. The molecule has 10 atom stereocenters. The quantitative estimate of drug-likeness (QED) is 0.0805. The Morgan fingerprint density at radius 1 is 0.574 bits per heavy atom. The van der Waals surface area contributed by atoms with E-state index in [9.17, 15) is 40.2 Å². The molecule has 2 aliphatic heterocycles. The summed E-state index contributed by atoms with van der Waals surface area (Å²) in [6.45, 7) is 2.94. The van der Waals surface area contributed by atoms with Crippen molar-refractivity contribution in [1.82, 2.24) is 10.6 Å². The van der Waals surface area contributed by atoms with Gasteiger partial charge in [-0.25, -0.2) is 0 Å². The van der Waals surface area contributed by atoms with E-state index in [1.165, 1.54) is 38.5 Å². The van der Waals surface area contributed by atoms with Crippen molar-refractivity contribution in [1.29, 1.82) is 0 Å². The maximum Gasteiger partial charge on any atom is 0.251 e. The van der Waals surface area contributed by atoms with E-state index in [-0.39, 0.29) is 24.3 Å². The molecule has 2 heterocycles. The van der Waals surface area contributed by atoms with Gasteiger partial charge in [0.15, 0.2) is 0 Å². The van der Waals surface area contributed by atoms with Crippen molar-refractivity contribution in [3.8, 4) is 23.0 Å². The minimum atomic E-state index is -1.66. The zero-order valence-corrected chi connectivity index (χ0v) is 34.9. The molecule has 0 aromatic heterocycles. The van der Waals surface area contributed by atoms with Crippen LogP contribution in [0.15, 0.2) is 84.9 Å². The molecular formula is C44H52N2O14S. The number of rotatable bonds is 16. The minimum Gasteiger partial charge on any atom is -0.497 e. The van der Waals surface area contributed by atoms with Crippen LogP contribution < -0.4 is 29.6 Å². The third kappa shape index (κ3) is 11.3. The van der Waals surface area contributed by atoms with Gasteiger partial charge in [-0.1, -0.05) is 71.4 Å². The van der Waals surface area contributed by atoms with E-state index in [1.807, 2.05) is 62.4 Å². The average molecular weight is 865 g/mol.